The lowest BCUT2D eigenvalue weighted by Crippen LogP contribution is -2.14. The zero-order valence-electron chi connectivity index (χ0n) is 15.1. The molecule has 4 rings (SSSR count). The summed E-state index contributed by atoms with van der Waals surface area (Å²) in [6.45, 7) is 6.07. The molecule has 7 nitrogen and oxygen atoms in total. The predicted molar refractivity (Wildman–Crippen MR) is 109 cm³/mol. The van der Waals surface area contributed by atoms with Gasteiger partial charge in [0.05, 0.1) is 17.0 Å². The van der Waals surface area contributed by atoms with Gasteiger partial charge in [-0.2, -0.15) is 0 Å². The minimum absolute atomic E-state index is 0.119. The topological polar surface area (TPSA) is 85.1 Å². The number of benzene rings is 1. The molecule has 4 aromatic rings. The Balaban J connectivity index is 1.64. The summed E-state index contributed by atoms with van der Waals surface area (Å²) >= 11 is 2.76. The van der Waals surface area contributed by atoms with Crippen molar-refractivity contribution in [2.45, 2.75) is 31.8 Å². The first-order valence-electron chi connectivity index (χ1n) is 8.51. The number of hydrogen-bond acceptors (Lipinski definition) is 7. The molecule has 0 aliphatic carbocycles. The van der Waals surface area contributed by atoms with E-state index in [-0.39, 0.29) is 17.6 Å². The van der Waals surface area contributed by atoms with E-state index in [1.54, 1.807) is 0 Å². The molecule has 0 fully saturated rings. The van der Waals surface area contributed by atoms with Crippen LogP contribution in [0.3, 0.4) is 0 Å². The van der Waals surface area contributed by atoms with E-state index in [4.69, 9.17) is 4.98 Å². The predicted octanol–water partition coefficient (Wildman–Crippen LogP) is 3.90. The highest BCUT2D eigenvalue weighted by Crippen LogP contribution is 2.27. The highest BCUT2D eigenvalue weighted by Gasteiger charge is 2.18. The summed E-state index contributed by atoms with van der Waals surface area (Å²) in [4.78, 5) is 21.3. The second-order valence-electron chi connectivity index (χ2n) is 6.41. The molecule has 1 N–H and O–H groups in total. The lowest BCUT2D eigenvalue weighted by molar-refractivity contribution is -0.113. The van der Waals surface area contributed by atoms with Gasteiger partial charge in [0.2, 0.25) is 5.91 Å². The number of thiazole rings is 1. The number of fused-ring (bicyclic) bond motifs is 3. The molecule has 3 aromatic heterocycles. The maximum absolute atomic E-state index is 12.2. The molecular weight excluding hydrogens is 380 g/mol. The number of aromatic nitrogens is 5. The van der Waals surface area contributed by atoms with Crippen molar-refractivity contribution in [3.8, 4) is 0 Å². The van der Waals surface area contributed by atoms with E-state index in [0.717, 1.165) is 28.1 Å². The fraction of sp³-hybridized carbons (Fsp3) is 0.278. The smallest absolute Gasteiger partial charge is 0.236 e. The molecule has 0 aliphatic rings. The number of thioether (sulfide) groups is 1. The molecule has 0 radical (unpaired) electrons. The van der Waals surface area contributed by atoms with E-state index in [1.165, 1.54) is 23.1 Å². The quantitative estimate of drug-likeness (QED) is 0.513. The van der Waals surface area contributed by atoms with Crippen molar-refractivity contribution < 1.29 is 4.79 Å². The fourth-order valence-corrected chi connectivity index (χ4v) is 4.21. The van der Waals surface area contributed by atoms with E-state index in [9.17, 15) is 4.79 Å². The first kappa shape index (κ1) is 17.9. The number of hydrogen-bond donors (Lipinski definition) is 1. The first-order valence-corrected chi connectivity index (χ1v) is 10.4. The number of nitrogens with zero attached hydrogens (tertiary/aromatic N) is 5. The molecule has 0 spiro atoms. The van der Waals surface area contributed by atoms with Gasteiger partial charge in [-0.25, -0.2) is 9.97 Å². The highest BCUT2D eigenvalue weighted by molar-refractivity contribution is 7.99. The Labute approximate surface area is 164 Å². The summed E-state index contributed by atoms with van der Waals surface area (Å²) in [5, 5.41) is 15.6. The van der Waals surface area contributed by atoms with Crippen LogP contribution in [0.1, 0.15) is 31.3 Å². The third-order valence-electron chi connectivity index (χ3n) is 3.96. The second kappa shape index (κ2) is 7.24. The van der Waals surface area contributed by atoms with Crippen molar-refractivity contribution in [2.24, 2.45) is 0 Å². The van der Waals surface area contributed by atoms with Crippen LogP contribution in [0.15, 0.2) is 34.8 Å². The average molecular weight is 399 g/mol. The van der Waals surface area contributed by atoms with Gasteiger partial charge < -0.3 is 5.32 Å². The Hall–Kier alpha value is -2.52. The van der Waals surface area contributed by atoms with Crippen LogP contribution in [-0.2, 0) is 4.79 Å². The van der Waals surface area contributed by atoms with Gasteiger partial charge in [0.15, 0.2) is 15.9 Å². The van der Waals surface area contributed by atoms with Crippen molar-refractivity contribution in [2.75, 3.05) is 11.1 Å². The number of amides is 1. The normalized spacial score (nSPS) is 11.6. The number of aryl methyl sites for hydroxylation is 1. The van der Waals surface area contributed by atoms with Crippen LogP contribution < -0.4 is 5.32 Å². The first-order chi connectivity index (χ1) is 13.0. The molecule has 0 saturated carbocycles. The van der Waals surface area contributed by atoms with Crippen LogP contribution in [0, 0.1) is 6.92 Å². The molecule has 138 valence electrons. The van der Waals surface area contributed by atoms with Gasteiger partial charge in [-0.05, 0) is 19.1 Å². The lowest BCUT2D eigenvalue weighted by atomic mass is 10.2. The molecule has 3 heterocycles. The summed E-state index contributed by atoms with van der Waals surface area (Å²) in [7, 11) is 0. The molecular formula is C18H18N6OS2. The molecule has 0 aliphatic heterocycles. The summed E-state index contributed by atoms with van der Waals surface area (Å²) in [6.07, 6.45) is 0. The van der Waals surface area contributed by atoms with E-state index < -0.39 is 0 Å². The van der Waals surface area contributed by atoms with E-state index in [1.807, 2.05) is 41.0 Å². The molecule has 27 heavy (non-hydrogen) atoms. The van der Waals surface area contributed by atoms with Crippen molar-refractivity contribution >= 4 is 50.7 Å². The molecule has 0 bridgehead atoms. The monoisotopic (exact) mass is 398 g/mol. The second-order valence-corrected chi connectivity index (χ2v) is 8.21. The fourth-order valence-electron chi connectivity index (χ4n) is 2.76. The lowest BCUT2D eigenvalue weighted by Gasteiger charge is -2.11. The molecule has 0 unspecified atom stereocenters. The Morgan fingerprint density at radius 3 is 2.81 bits per heavy atom. The van der Waals surface area contributed by atoms with Crippen LogP contribution in [0.4, 0.5) is 5.13 Å². The number of rotatable bonds is 5. The third kappa shape index (κ3) is 3.52. The largest absolute Gasteiger partial charge is 0.301 e. The minimum atomic E-state index is -0.119. The summed E-state index contributed by atoms with van der Waals surface area (Å²) in [5.41, 5.74) is 2.56. The highest BCUT2D eigenvalue weighted by atomic mass is 32.2. The standard InChI is InChI=1S/C18H18N6OS2/c1-10(2)15-20-13-7-5-4-6-12(13)16-22-23-18(24(15)16)27-9-14(25)21-17-19-11(3)8-26-17/h4-8,10H,9H2,1-3H3,(H,19,21,25). The van der Waals surface area contributed by atoms with Gasteiger partial charge in [-0.3, -0.25) is 9.20 Å². The zero-order valence-corrected chi connectivity index (χ0v) is 16.8. The van der Waals surface area contributed by atoms with Crippen LogP contribution in [0.25, 0.3) is 16.6 Å². The van der Waals surface area contributed by atoms with Crippen LogP contribution in [0.5, 0.6) is 0 Å². The van der Waals surface area contributed by atoms with Gasteiger partial charge in [0, 0.05) is 16.7 Å². The van der Waals surface area contributed by atoms with Crippen molar-refractivity contribution in [3.63, 3.8) is 0 Å². The SMILES string of the molecule is Cc1csc(NC(=O)CSc2nnc3c4ccccc4nc(C(C)C)n23)n1. The van der Waals surface area contributed by atoms with Crippen LogP contribution >= 0.6 is 23.1 Å². The van der Waals surface area contributed by atoms with Crippen LogP contribution in [-0.4, -0.2) is 36.2 Å². The van der Waals surface area contributed by atoms with Crippen molar-refractivity contribution in [1.82, 2.24) is 24.6 Å². The number of carbonyl (C=O) groups is 1. The molecule has 1 aromatic carbocycles. The number of anilines is 1. The van der Waals surface area contributed by atoms with Gasteiger partial charge in [-0.15, -0.1) is 21.5 Å². The van der Waals surface area contributed by atoms with Crippen LogP contribution in [0.2, 0.25) is 0 Å². The summed E-state index contributed by atoms with van der Waals surface area (Å²) in [6, 6.07) is 7.89. The number of para-hydroxylation sites is 1. The van der Waals surface area contributed by atoms with Gasteiger partial charge >= 0.3 is 0 Å². The van der Waals surface area contributed by atoms with Gasteiger partial charge in [-0.1, -0.05) is 37.7 Å². The molecule has 9 heteroatoms. The Bertz CT molecular complexity index is 1130. The Kier molecular flexibility index (Phi) is 4.79. The summed E-state index contributed by atoms with van der Waals surface area (Å²) < 4.78 is 1.96. The van der Waals surface area contributed by atoms with Gasteiger partial charge in [0.1, 0.15) is 5.82 Å². The minimum Gasteiger partial charge on any atom is -0.301 e. The van der Waals surface area contributed by atoms with Crippen molar-refractivity contribution in [3.05, 3.63) is 41.2 Å². The maximum atomic E-state index is 12.2. The molecule has 0 atom stereocenters. The van der Waals surface area contributed by atoms with Crippen molar-refractivity contribution in [1.29, 1.82) is 0 Å². The van der Waals surface area contributed by atoms with E-state index >= 15 is 0 Å². The molecule has 0 saturated heterocycles. The van der Waals surface area contributed by atoms with Gasteiger partial charge in [0.25, 0.3) is 0 Å². The Morgan fingerprint density at radius 2 is 2.07 bits per heavy atom. The third-order valence-corrected chi connectivity index (χ3v) is 5.76. The summed E-state index contributed by atoms with van der Waals surface area (Å²) in [5.74, 6) is 1.18. The zero-order chi connectivity index (χ0) is 19.0. The van der Waals surface area contributed by atoms with E-state index in [0.29, 0.717) is 10.3 Å². The number of carbonyl (C=O) groups excluding carboxylic acids is 1. The average Bonchev–Trinajstić information content (AvgIpc) is 3.25. The maximum Gasteiger partial charge on any atom is 0.236 e. The number of nitrogens with one attached hydrogen (secondary N) is 1. The molecule has 1 amide bonds. The van der Waals surface area contributed by atoms with E-state index in [2.05, 4.69) is 34.3 Å². The Morgan fingerprint density at radius 1 is 1.26 bits per heavy atom.